The van der Waals surface area contributed by atoms with Crippen molar-refractivity contribution in [1.29, 1.82) is 0 Å². The number of imide groups is 1. The monoisotopic (exact) mass is 226 g/mol. The third kappa shape index (κ3) is 2.59. The third-order valence-corrected chi connectivity index (χ3v) is 3.22. The summed E-state index contributed by atoms with van der Waals surface area (Å²) in [6, 6.07) is 0.556. The van der Waals surface area contributed by atoms with Gasteiger partial charge in [0.1, 0.15) is 0 Å². The van der Waals surface area contributed by atoms with Gasteiger partial charge in [0, 0.05) is 38.5 Å². The number of aliphatic hydroxyl groups is 1. The van der Waals surface area contributed by atoms with E-state index in [9.17, 15) is 9.59 Å². The lowest BCUT2D eigenvalue weighted by Gasteiger charge is -2.23. The lowest BCUT2D eigenvalue weighted by Crippen LogP contribution is -2.39. The molecule has 0 aromatic carbocycles. The maximum Gasteiger partial charge on any atom is 0.229 e. The van der Waals surface area contributed by atoms with Crippen LogP contribution in [0.4, 0.5) is 0 Å². The number of carbonyl (C=O) groups is 2. The van der Waals surface area contributed by atoms with E-state index in [0.717, 1.165) is 0 Å². The number of hydrogen-bond acceptors (Lipinski definition) is 4. The second-order valence-electron chi connectivity index (χ2n) is 4.43. The highest BCUT2D eigenvalue weighted by Crippen LogP contribution is 2.26. The lowest BCUT2D eigenvalue weighted by atomic mass is 10.4. The number of rotatable bonds is 6. The van der Waals surface area contributed by atoms with Gasteiger partial charge in [-0.2, -0.15) is 0 Å². The predicted octanol–water partition coefficient (Wildman–Crippen LogP) is -0.408. The summed E-state index contributed by atoms with van der Waals surface area (Å²) in [5, 5.41) is 8.92. The first-order chi connectivity index (χ1) is 7.72. The van der Waals surface area contributed by atoms with E-state index in [1.165, 1.54) is 17.7 Å². The van der Waals surface area contributed by atoms with Crippen LogP contribution >= 0.6 is 0 Å². The van der Waals surface area contributed by atoms with Gasteiger partial charge in [-0.1, -0.05) is 0 Å². The summed E-state index contributed by atoms with van der Waals surface area (Å²) in [5.41, 5.74) is 0. The number of hydrogen-bond donors (Lipinski definition) is 1. The highest BCUT2D eigenvalue weighted by molar-refractivity contribution is 6.01. The predicted molar refractivity (Wildman–Crippen MR) is 57.6 cm³/mol. The van der Waals surface area contributed by atoms with E-state index in [4.69, 9.17) is 5.11 Å². The quantitative estimate of drug-likeness (QED) is 0.626. The highest BCUT2D eigenvalue weighted by atomic mass is 16.3. The minimum absolute atomic E-state index is 0.0512. The van der Waals surface area contributed by atoms with Gasteiger partial charge >= 0.3 is 0 Å². The largest absolute Gasteiger partial charge is 0.395 e. The number of carbonyl (C=O) groups excluding carboxylic acids is 2. The second kappa shape index (κ2) is 4.93. The molecular weight excluding hydrogens is 208 g/mol. The summed E-state index contributed by atoms with van der Waals surface area (Å²) >= 11 is 0. The Kier molecular flexibility index (Phi) is 3.56. The van der Waals surface area contributed by atoms with Crippen LogP contribution in [0, 0.1) is 0 Å². The van der Waals surface area contributed by atoms with Gasteiger partial charge < -0.3 is 5.11 Å². The van der Waals surface area contributed by atoms with Crippen molar-refractivity contribution >= 4 is 11.8 Å². The maximum atomic E-state index is 11.4. The summed E-state index contributed by atoms with van der Waals surface area (Å²) in [4.78, 5) is 26.3. The highest BCUT2D eigenvalue weighted by Gasteiger charge is 2.32. The molecule has 1 aliphatic heterocycles. The van der Waals surface area contributed by atoms with E-state index in [0.29, 0.717) is 38.5 Å². The molecule has 5 heteroatoms. The first-order valence-electron chi connectivity index (χ1n) is 5.90. The van der Waals surface area contributed by atoms with Gasteiger partial charge in [0.25, 0.3) is 0 Å². The van der Waals surface area contributed by atoms with E-state index in [-0.39, 0.29) is 18.4 Å². The Bertz CT molecular complexity index is 273. The summed E-state index contributed by atoms with van der Waals surface area (Å²) in [6.07, 6.45) is 3.06. The summed E-state index contributed by atoms with van der Waals surface area (Å²) in [6.45, 7) is 1.95. The SMILES string of the molecule is O=C1CCC(=O)N1CCN(CCO)C1CC1. The van der Waals surface area contributed by atoms with Gasteiger partial charge in [-0.15, -0.1) is 0 Å². The van der Waals surface area contributed by atoms with Crippen molar-refractivity contribution in [2.45, 2.75) is 31.7 Å². The van der Waals surface area contributed by atoms with E-state index in [2.05, 4.69) is 4.90 Å². The van der Waals surface area contributed by atoms with Gasteiger partial charge in [-0.3, -0.25) is 19.4 Å². The molecule has 0 atom stereocenters. The molecule has 1 saturated carbocycles. The Hall–Kier alpha value is -0.940. The molecule has 5 nitrogen and oxygen atoms in total. The molecule has 1 heterocycles. The van der Waals surface area contributed by atoms with Crippen molar-refractivity contribution < 1.29 is 14.7 Å². The molecule has 0 aromatic rings. The molecule has 2 rings (SSSR count). The Morgan fingerprint density at radius 2 is 1.81 bits per heavy atom. The van der Waals surface area contributed by atoms with Crippen LogP contribution in [0.25, 0.3) is 0 Å². The van der Waals surface area contributed by atoms with Crippen molar-refractivity contribution in [2.75, 3.05) is 26.2 Å². The van der Waals surface area contributed by atoms with Gasteiger partial charge in [0.2, 0.25) is 11.8 Å². The molecule has 0 spiro atoms. The molecule has 0 radical (unpaired) electrons. The Morgan fingerprint density at radius 1 is 1.19 bits per heavy atom. The van der Waals surface area contributed by atoms with Gasteiger partial charge in [-0.25, -0.2) is 0 Å². The van der Waals surface area contributed by atoms with Gasteiger partial charge in [-0.05, 0) is 12.8 Å². The molecule has 16 heavy (non-hydrogen) atoms. The van der Waals surface area contributed by atoms with Gasteiger partial charge in [0.15, 0.2) is 0 Å². The van der Waals surface area contributed by atoms with Gasteiger partial charge in [0.05, 0.1) is 6.61 Å². The topological polar surface area (TPSA) is 60.9 Å². The van der Waals surface area contributed by atoms with Crippen LogP contribution in [0.5, 0.6) is 0 Å². The maximum absolute atomic E-state index is 11.4. The molecule has 2 amide bonds. The minimum atomic E-state index is -0.0512. The van der Waals surface area contributed by atoms with Crippen molar-refractivity contribution in [3.8, 4) is 0 Å². The fraction of sp³-hybridized carbons (Fsp3) is 0.818. The molecule has 1 saturated heterocycles. The van der Waals surface area contributed by atoms with Crippen molar-refractivity contribution in [2.24, 2.45) is 0 Å². The van der Waals surface area contributed by atoms with E-state index in [1.54, 1.807) is 0 Å². The number of aliphatic hydroxyl groups excluding tert-OH is 1. The van der Waals surface area contributed by atoms with Crippen LogP contribution in [0.3, 0.4) is 0 Å². The zero-order valence-corrected chi connectivity index (χ0v) is 9.39. The van der Waals surface area contributed by atoms with E-state index < -0.39 is 0 Å². The van der Waals surface area contributed by atoms with Crippen molar-refractivity contribution in [1.82, 2.24) is 9.80 Å². The summed E-state index contributed by atoms with van der Waals surface area (Å²) in [5.74, 6) is -0.102. The molecule has 0 bridgehead atoms. The molecule has 2 aliphatic rings. The zero-order chi connectivity index (χ0) is 11.5. The smallest absolute Gasteiger partial charge is 0.229 e. The lowest BCUT2D eigenvalue weighted by molar-refractivity contribution is -0.138. The van der Waals surface area contributed by atoms with E-state index in [1.807, 2.05) is 0 Å². The Labute approximate surface area is 95.0 Å². The first-order valence-corrected chi connectivity index (χ1v) is 5.90. The molecular formula is C11H18N2O3. The molecule has 0 aromatic heterocycles. The Morgan fingerprint density at radius 3 is 2.31 bits per heavy atom. The van der Waals surface area contributed by atoms with Crippen LogP contribution in [0.15, 0.2) is 0 Å². The van der Waals surface area contributed by atoms with Crippen molar-refractivity contribution in [3.63, 3.8) is 0 Å². The fourth-order valence-corrected chi connectivity index (χ4v) is 2.15. The summed E-state index contributed by atoms with van der Waals surface area (Å²) < 4.78 is 0. The van der Waals surface area contributed by atoms with E-state index >= 15 is 0 Å². The van der Waals surface area contributed by atoms with Crippen LogP contribution in [0.2, 0.25) is 0 Å². The number of amides is 2. The minimum Gasteiger partial charge on any atom is -0.395 e. The first kappa shape index (κ1) is 11.5. The van der Waals surface area contributed by atoms with Crippen LogP contribution in [-0.4, -0.2) is 59.0 Å². The standard InChI is InChI=1S/C11H18N2O3/c14-8-7-12(9-1-2-9)5-6-13-10(15)3-4-11(13)16/h9,14H,1-8H2. The Balaban J connectivity index is 1.80. The zero-order valence-electron chi connectivity index (χ0n) is 9.39. The van der Waals surface area contributed by atoms with Crippen molar-refractivity contribution in [3.05, 3.63) is 0 Å². The number of likely N-dealkylation sites (tertiary alicyclic amines) is 1. The summed E-state index contributed by atoms with van der Waals surface area (Å²) in [7, 11) is 0. The third-order valence-electron chi connectivity index (χ3n) is 3.22. The molecule has 0 unspecified atom stereocenters. The van der Waals surface area contributed by atoms with Crippen LogP contribution in [-0.2, 0) is 9.59 Å². The molecule has 90 valence electrons. The normalized spacial score (nSPS) is 21.2. The fourth-order valence-electron chi connectivity index (χ4n) is 2.15. The average Bonchev–Trinajstić information content (AvgIpc) is 3.04. The second-order valence-corrected chi connectivity index (χ2v) is 4.43. The van der Waals surface area contributed by atoms with Crippen LogP contribution in [0.1, 0.15) is 25.7 Å². The molecule has 2 fully saturated rings. The average molecular weight is 226 g/mol. The number of nitrogens with zero attached hydrogens (tertiary/aromatic N) is 2. The molecule has 1 N–H and O–H groups in total. The molecule has 1 aliphatic carbocycles. The van der Waals surface area contributed by atoms with Crippen LogP contribution < -0.4 is 0 Å².